The number of benzene rings is 2. The van der Waals surface area contributed by atoms with Crippen molar-refractivity contribution < 1.29 is 0 Å². The molecule has 0 aliphatic carbocycles. The van der Waals surface area contributed by atoms with Gasteiger partial charge in [0.1, 0.15) is 0 Å². The van der Waals surface area contributed by atoms with Crippen molar-refractivity contribution in [2.24, 2.45) is 0 Å². The maximum absolute atomic E-state index is 8.41. The highest BCUT2D eigenvalue weighted by Gasteiger charge is 2.10. The number of hydrogen-bond acceptors (Lipinski definition) is 1. The van der Waals surface area contributed by atoms with Crippen molar-refractivity contribution in [2.45, 2.75) is 20.0 Å². The summed E-state index contributed by atoms with van der Waals surface area (Å²) in [5.74, 6) is 0. The zero-order chi connectivity index (χ0) is 14.1. The van der Waals surface area contributed by atoms with E-state index in [1.54, 1.807) is 0 Å². The zero-order valence-electron chi connectivity index (χ0n) is 11.3. The lowest BCUT2D eigenvalue weighted by Gasteiger charge is -2.06. The largest absolute Gasteiger partial charge is 0.311 e. The third-order valence-corrected chi connectivity index (χ3v) is 4.35. The molecule has 2 aromatic carbocycles. The van der Waals surface area contributed by atoms with Crippen molar-refractivity contribution in [3.8, 4) is 0 Å². The summed E-state index contributed by atoms with van der Waals surface area (Å²) in [6.07, 6.45) is 0. The first-order chi connectivity index (χ1) is 9.72. The number of fused-ring (bicyclic) bond motifs is 1. The lowest BCUT2D eigenvalue weighted by molar-refractivity contribution is 0.649. The van der Waals surface area contributed by atoms with Crippen LogP contribution in [0.2, 0.25) is 0 Å². The van der Waals surface area contributed by atoms with Crippen LogP contribution in [0.5, 0.6) is 0 Å². The van der Waals surface area contributed by atoms with Crippen LogP contribution in [0.1, 0.15) is 12.5 Å². The molecule has 0 bridgehead atoms. The van der Waals surface area contributed by atoms with Crippen LogP contribution in [0.15, 0.2) is 53.0 Å². The van der Waals surface area contributed by atoms with Gasteiger partial charge < -0.3 is 9.13 Å². The summed E-state index contributed by atoms with van der Waals surface area (Å²) in [6, 6.07) is 16.4. The fraction of sp³-hybridized carbons (Fsp3) is 0.188. The molecule has 0 unspecified atom stereocenters. The first-order valence-electron chi connectivity index (χ1n) is 6.68. The van der Waals surface area contributed by atoms with Crippen LogP contribution in [-0.2, 0) is 13.1 Å². The molecule has 0 fully saturated rings. The predicted octanol–water partition coefficient (Wildman–Crippen LogP) is 3.75. The first kappa shape index (κ1) is 13.2. The highest BCUT2D eigenvalue weighted by atomic mass is 79.9. The summed E-state index contributed by atoms with van der Waals surface area (Å²) in [5.41, 5.74) is 3.96. The number of rotatable bonds is 3. The summed E-state index contributed by atoms with van der Waals surface area (Å²) in [7, 11) is 0. The van der Waals surface area contributed by atoms with Gasteiger partial charge in [-0.15, -0.1) is 0 Å². The zero-order valence-corrected chi connectivity index (χ0v) is 12.9. The minimum atomic E-state index is 0.546. The van der Waals surface area contributed by atoms with Crippen molar-refractivity contribution in [3.63, 3.8) is 0 Å². The normalized spacial score (nSPS) is 11.1. The maximum atomic E-state index is 8.41. The number of hydrogen-bond donors (Lipinski definition) is 1. The topological polar surface area (TPSA) is 33.7 Å². The van der Waals surface area contributed by atoms with Gasteiger partial charge in [0.15, 0.2) is 0 Å². The van der Waals surface area contributed by atoms with E-state index in [2.05, 4.69) is 45.6 Å². The van der Waals surface area contributed by atoms with Crippen LogP contribution in [0, 0.1) is 5.41 Å². The van der Waals surface area contributed by atoms with Crippen LogP contribution in [-0.4, -0.2) is 9.13 Å². The fourth-order valence-corrected chi connectivity index (χ4v) is 2.98. The van der Waals surface area contributed by atoms with Crippen LogP contribution in [0.4, 0.5) is 0 Å². The van der Waals surface area contributed by atoms with Gasteiger partial charge in [-0.05, 0) is 30.7 Å². The van der Waals surface area contributed by atoms with E-state index in [4.69, 9.17) is 5.41 Å². The quantitative estimate of drug-likeness (QED) is 0.759. The molecule has 3 aromatic rings. The molecule has 20 heavy (non-hydrogen) atoms. The van der Waals surface area contributed by atoms with Crippen LogP contribution in [0.3, 0.4) is 0 Å². The summed E-state index contributed by atoms with van der Waals surface area (Å²) >= 11 is 3.58. The molecule has 0 aliphatic rings. The molecule has 1 heterocycles. The molecule has 0 amide bonds. The van der Waals surface area contributed by atoms with E-state index < -0.39 is 0 Å². The SMILES string of the molecule is CCn1c(=N)n(Cc2ccccc2Br)c2ccccc21. The number of aryl methyl sites for hydroxylation is 1. The van der Waals surface area contributed by atoms with Crippen LogP contribution >= 0.6 is 15.9 Å². The van der Waals surface area contributed by atoms with Crippen molar-refractivity contribution in [1.29, 1.82) is 5.41 Å². The molecule has 1 aromatic heterocycles. The molecule has 0 saturated carbocycles. The Balaban J connectivity index is 2.20. The molecule has 4 heteroatoms. The molecule has 1 N–H and O–H groups in total. The Labute approximate surface area is 126 Å². The molecular formula is C16H16BrN3. The average molecular weight is 330 g/mol. The summed E-state index contributed by atoms with van der Waals surface area (Å²) < 4.78 is 5.17. The Morgan fingerprint density at radius 3 is 2.20 bits per heavy atom. The standard InChI is InChI=1S/C16H16BrN3/c1-2-19-14-9-5-6-10-15(14)20(16(19)18)11-12-7-3-4-8-13(12)17/h3-10,18H,2,11H2,1H3. The number of nitrogens with one attached hydrogen (secondary N) is 1. The molecule has 102 valence electrons. The van der Waals surface area contributed by atoms with E-state index in [-0.39, 0.29) is 0 Å². The van der Waals surface area contributed by atoms with Crippen molar-refractivity contribution in [2.75, 3.05) is 0 Å². The van der Waals surface area contributed by atoms with Crippen LogP contribution < -0.4 is 5.62 Å². The summed E-state index contributed by atoms with van der Waals surface area (Å²) in [6.45, 7) is 3.59. The van der Waals surface area contributed by atoms with Gasteiger partial charge in [0, 0.05) is 11.0 Å². The number of halogens is 1. The highest BCUT2D eigenvalue weighted by molar-refractivity contribution is 9.10. The van der Waals surface area contributed by atoms with E-state index in [1.165, 1.54) is 5.56 Å². The second kappa shape index (κ2) is 5.29. The molecular weight excluding hydrogens is 314 g/mol. The Bertz CT molecular complexity index is 814. The van der Waals surface area contributed by atoms with E-state index >= 15 is 0 Å². The lowest BCUT2D eigenvalue weighted by Crippen LogP contribution is -2.24. The van der Waals surface area contributed by atoms with E-state index in [1.807, 2.05) is 34.9 Å². The second-order valence-electron chi connectivity index (χ2n) is 4.73. The summed E-state index contributed by atoms with van der Waals surface area (Å²) in [5, 5.41) is 8.41. The van der Waals surface area contributed by atoms with Gasteiger partial charge in [-0.25, -0.2) is 0 Å². The number of nitrogens with zero attached hydrogens (tertiary/aromatic N) is 2. The smallest absolute Gasteiger partial charge is 0.203 e. The van der Waals surface area contributed by atoms with E-state index in [0.29, 0.717) is 12.2 Å². The summed E-state index contributed by atoms with van der Waals surface area (Å²) in [4.78, 5) is 0. The number of imidazole rings is 1. The minimum Gasteiger partial charge on any atom is -0.311 e. The predicted molar refractivity (Wildman–Crippen MR) is 84.7 cm³/mol. The Kier molecular flexibility index (Phi) is 3.49. The van der Waals surface area contributed by atoms with Crippen LogP contribution in [0.25, 0.3) is 11.0 Å². The van der Waals surface area contributed by atoms with Gasteiger partial charge in [0.25, 0.3) is 0 Å². The van der Waals surface area contributed by atoms with Crippen molar-refractivity contribution in [1.82, 2.24) is 9.13 Å². The van der Waals surface area contributed by atoms with Crippen molar-refractivity contribution in [3.05, 3.63) is 64.2 Å². The third kappa shape index (κ3) is 2.10. The van der Waals surface area contributed by atoms with Gasteiger partial charge >= 0.3 is 0 Å². The lowest BCUT2D eigenvalue weighted by atomic mass is 10.2. The molecule has 0 aliphatic heterocycles. The molecule has 0 atom stereocenters. The Morgan fingerprint density at radius 2 is 1.55 bits per heavy atom. The Morgan fingerprint density at radius 1 is 0.950 bits per heavy atom. The fourth-order valence-electron chi connectivity index (χ4n) is 2.57. The molecule has 0 saturated heterocycles. The molecule has 3 nitrogen and oxygen atoms in total. The van der Waals surface area contributed by atoms with Gasteiger partial charge in [0.2, 0.25) is 5.62 Å². The molecule has 3 rings (SSSR count). The van der Waals surface area contributed by atoms with Gasteiger partial charge in [-0.1, -0.05) is 46.3 Å². The minimum absolute atomic E-state index is 0.546. The average Bonchev–Trinajstić information content (AvgIpc) is 2.74. The maximum Gasteiger partial charge on any atom is 0.203 e. The van der Waals surface area contributed by atoms with Gasteiger partial charge in [-0.3, -0.25) is 5.41 Å². The van der Waals surface area contributed by atoms with Gasteiger partial charge in [-0.2, -0.15) is 0 Å². The third-order valence-electron chi connectivity index (χ3n) is 3.58. The molecule has 0 spiro atoms. The first-order valence-corrected chi connectivity index (χ1v) is 7.47. The number of para-hydroxylation sites is 2. The van der Waals surface area contributed by atoms with Gasteiger partial charge in [0.05, 0.1) is 17.6 Å². The number of aromatic nitrogens is 2. The monoisotopic (exact) mass is 329 g/mol. The highest BCUT2D eigenvalue weighted by Crippen LogP contribution is 2.19. The van der Waals surface area contributed by atoms with E-state index in [0.717, 1.165) is 22.1 Å². The van der Waals surface area contributed by atoms with Crippen molar-refractivity contribution >= 4 is 27.0 Å². The molecule has 0 radical (unpaired) electrons. The Hall–Kier alpha value is -1.81. The van der Waals surface area contributed by atoms with E-state index in [9.17, 15) is 0 Å². The second-order valence-corrected chi connectivity index (χ2v) is 5.59.